The van der Waals surface area contributed by atoms with Crippen LogP contribution in [0.4, 0.5) is 0 Å². The minimum atomic E-state index is -0.721. The summed E-state index contributed by atoms with van der Waals surface area (Å²) in [5.41, 5.74) is 15.1. The Morgan fingerprint density at radius 2 is 2.11 bits per heavy atom. The fraction of sp³-hybridized carbons (Fsp3) is 0.750. The van der Waals surface area contributed by atoms with Gasteiger partial charge in [0.2, 0.25) is 0 Å². The summed E-state index contributed by atoms with van der Waals surface area (Å²) in [7, 11) is 0. The third-order valence-corrected chi connectivity index (χ3v) is 0.682. The highest BCUT2D eigenvalue weighted by Crippen LogP contribution is 1.78. The summed E-state index contributed by atoms with van der Waals surface area (Å²) in [6.45, 7) is -0.0422. The van der Waals surface area contributed by atoms with Crippen molar-refractivity contribution in [3.8, 4) is 0 Å². The topological polar surface area (TPSA) is 104 Å². The van der Waals surface area contributed by atoms with Gasteiger partial charge >= 0.3 is 5.97 Å². The number of carbonyl (C=O) groups excluding carboxylic acids is 1. The standard InChI is InChI=1S/C4H11N3O2/c5-1-3(7)9-4(8)2-6/h3H,1-2,5-7H2. The zero-order valence-electron chi connectivity index (χ0n) is 5.04. The highest BCUT2D eigenvalue weighted by Gasteiger charge is 2.03. The molecular weight excluding hydrogens is 122 g/mol. The molecule has 0 saturated heterocycles. The van der Waals surface area contributed by atoms with Gasteiger partial charge in [-0.05, 0) is 0 Å². The Balaban J connectivity index is 3.34. The van der Waals surface area contributed by atoms with Gasteiger partial charge in [0.15, 0.2) is 6.23 Å². The van der Waals surface area contributed by atoms with Crippen LogP contribution in [-0.2, 0) is 9.53 Å². The number of carbonyl (C=O) groups is 1. The third-order valence-electron chi connectivity index (χ3n) is 0.682. The lowest BCUT2D eigenvalue weighted by molar-refractivity contribution is -0.146. The third kappa shape index (κ3) is 3.89. The molecule has 0 aliphatic rings. The molecule has 0 rings (SSSR count). The van der Waals surface area contributed by atoms with Crippen molar-refractivity contribution < 1.29 is 9.53 Å². The Kier molecular flexibility index (Phi) is 3.94. The Morgan fingerprint density at radius 1 is 1.56 bits per heavy atom. The predicted molar refractivity (Wildman–Crippen MR) is 32.2 cm³/mol. The van der Waals surface area contributed by atoms with Crippen molar-refractivity contribution in [2.45, 2.75) is 6.23 Å². The number of hydrogen-bond acceptors (Lipinski definition) is 5. The molecule has 1 unspecified atom stereocenters. The largest absolute Gasteiger partial charge is 0.444 e. The summed E-state index contributed by atoms with van der Waals surface area (Å²) in [4.78, 5) is 10.3. The van der Waals surface area contributed by atoms with E-state index in [9.17, 15) is 4.79 Å². The zero-order chi connectivity index (χ0) is 7.28. The maximum atomic E-state index is 10.3. The summed E-state index contributed by atoms with van der Waals surface area (Å²) in [6.07, 6.45) is -0.721. The lowest BCUT2D eigenvalue weighted by Crippen LogP contribution is -2.36. The SMILES string of the molecule is NCC(=O)OC(N)CN. The van der Waals surface area contributed by atoms with Gasteiger partial charge < -0.3 is 16.2 Å². The van der Waals surface area contributed by atoms with E-state index in [2.05, 4.69) is 4.74 Å². The van der Waals surface area contributed by atoms with Crippen LogP contribution in [0.25, 0.3) is 0 Å². The Bertz CT molecular complexity index is 95.8. The van der Waals surface area contributed by atoms with E-state index in [-0.39, 0.29) is 13.1 Å². The molecule has 0 radical (unpaired) electrons. The lowest BCUT2D eigenvalue weighted by Gasteiger charge is -2.08. The second-order valence-corrected chi connectivity index (χ2v) is 1.47. The molecule has 0 aliphatic heterocycles. The van der Waals surface area contributed by atoms with Crippen molar-refractivity contribution >= 4 is 5.97 Å². The smallest absolute Gasteiger partial charge is 0.321 e. The lowest BCUT2D eigenvalue weighted by atomic mass is 10.6. The van der Waals surface area contributed by atoms with Gasteiger partial charge in [-0.1, -0.05) is 0 Å². The quantitative estimate of drug-likeness (QED) is 0.297. The molecular formula is C4H11N3O2. The van der Waals surface area contributed by atoms with Crippen LogP contribution in [0.5, 0.6) is 0 Å². The highest BCUT2D eigenvalue weighted by atomic mass is 16.6. The molecule has 1 atom stereocenters. The van der Waals surface area contributed by atoms with E-state index in [4.69, 9.17) is 17.2 Å². The van der Waals surface area contributed by atoms with E-state index < -0.39 is 12.2 Å². The first kappa shape index (κ1) is 8.35. The molecule has 0 fully saturated rings. The van der Waals surface area contributed by atoms with Crippen LogP contribution in [0.2, 0.25) is 0 Å². The Morgan fingerprint density at radius 3 is 2.44 bits per heavy atom. The van der Waals surface area contributed by atoms with E-state index in [1.807, 2.05) is 0 Å². The van der Waals surface area contributed by atoms with Crippen molar-refractivity contribution in [3.05, 3.63) is 0 Å². The van der Waals surface area contributed by atoms with Gasteiger partial charge in [-0.15, -0.1) is 0 Å². The van der Waals surface area contributed by atoms with Gasteiger partial charge in [-0.25, -0.2) is 0 Å². The summed E-state index contributed by atoms with van der Waals surface area (Å²) >= 11 is 0. The average molecular weight is 133 g/mol. The molecule has 0 aliphatic carbocycles. The fourth-order valence-electron chi connectivity index (χ4n) is 0.265. The first-order valence-corrected chi connectivity index (χ1v) is 2.56. The molecule has 9 heavy (non-hydrogen) atoms. The van der Waals surface area contributed by atoms with E-state index >= 15 is 0 Å². The molecule has 5 nitrogen and oxygen atoms in total. The van der Waals surface area contributed by atoms with Gasteiger partial charge in [0.05, 0.1) is 6.54 Å². The maximum absolute atomic E-state index is 10.3. The first-order valence-electron chi connectivity index (χ1n) is 2.56. The molecule has 5 heteroatoms. The Hall–Kier alpha value is -0.650. The predicted octanol–water partition coefficient (Wildman–Crippen LogP) is -2.27. The summed E-state index contributed by atoms with van der Waals surface area (Å²) in [5.74, 6) is -0.534. The van der Waals surface area contributed by atoms with Crippen LogP contribution < -0.4 is 17.2 Å². The van der Waals surface area contributed by atoms with Crippen LogP contribution in [0.3, 0.4) is 0 Å². The van der Waals surface area contributed by atoms with Gasteiger partial charge in [-0.3, -0.25) is 10.5 Å². The van der Waals surface area contributed by atoms with E-state index in [1.54, 1.807) is 0 Å². The van der Waals surface area contributed by atoms with Crippen molar-refractivity contribution in [1.29, 1.82) is 0 Å². The van der Waals surface area contributed by atoms with Gasteiger partial charge in [0, 0.05) is 6.54 Å². The number of esters is 1. The highest BCUT2D eigenvalue weighted by molar-refractivity contribution is 5.71. The first-order chi connectivity index (χ1) is 4.20. The van der Waals surface area contributed by atoms with Crippen molar-refractivity contribution in [2.24, 2.45) is 17.2 Å². The maximum Gasteiger partial charge on any atom is 0.321 e. The second kappa shape index (κ2) is 4.25. The molecule has 0 aromatic heterocycles. The number of rotatable bonds is 3. The minimum absolute atomic E-state index is 0.117. The Labute approximate surface area is 53.1 Å². The molecule has 0 heterocycles. The molecule has 0 bridgehead atoms. The van der Waals surface area contributed by atoms with E-state index in [1.165, 1.54) is 0 Å². The molecule has 54 valence electrons. The van der Waals surface area contributed by atoms with Crippen molar-refractivity contribution in [2.75, 3.05) is 13.1 Å². The number of nitrogens with two attached hydrogens (primary N) is 3. The molecule has 0 aromatic rings. The van der Waals surface area contributed by atoms with E-state index in [0.717, 1.165) is 0 Å². The van der Waals surface area contributed by atoms with Gasteiger partial charge in [-0.2, -0.15) is 0 Å². The number of hydrogen-bond donors (Lipinski definition) is 3. The van der Waals surface area contributed by atoms with Gasteiger partial charge in [0.25, 0.3) is 0 Å². The van der Waals surface area contributed by atoms with Crippen molar-refractivity contribution in [1.82, 2.24) is 0 Å². The molecule has 0 spiro atoms. The molecule has 6 N–H and O–H groups in total. The van der Waals surface area contributed by atoms with Crippen LogP contribution in [0, 0.1) is 0 Å². The van der Waals surface area contributed by atoms with Crippen LogP contribution in [0.1, 0.15) is 0 Å². The minimum Gasteiger partial charge on any atom is -0.444 e. The summed E-state index contributed by atoms with van der Waals surface area (Å²) in [6, 6.07) is 0. The molecule has 0 saturated carbocycles. The second-order valence-electron chi connectivity index (χ2n) is 1.47. The number of ether oxygens (including phenoxy) is 1. The van der Waals surface area contributed by atoms with Crippen molar-refractivity contribution in [3.63, 3.8) is 0 Å². The van der Waals surface area contributed by atoms with Crippen LogP contribution in [0.15, 0.2) is 0 Å². The molecule has 0 aromatic carbocycles. The molecule has 0 amide bonds. The van der Waals surface area contributed by atoms with Crippen LogP contribution in [-0.4, -0.2) is 25.3 Å². The zero-order valence-corrected chi connectivity index (χ0v) is 5.04. The van der Waals surface area contributed by atoms with E-state index in [0.29, 0.717) is 0 Å². The normalized spacial score (nSPS) is 12.8. The monoisotopic (exact) mass is 133 g/mol. The fourth-order valence-corrected chi connectivity index (χ4v) is 0.265. The summed E-state index contributed by atoms with van der Waals surface area (Å²) < 4.78 is 4.44. The van der Waals surface area contributed by atoms with Gasteiger partial charge in [0.1, 0.15) is 0 Å². The van der Waals surface area contributed by atoms with Crippen LogP contribution >= 0.6 is 0 Å². The average Bonchev–Trinajstić information content (AvgIpc) is 1.87. The summed E-state index contributed by atoms with van der Waals surface area (Å²) in [5, 5.41) is 0.